The molecule has 2 aromatic rings. The zero-order chi connectivity index (χ0) is 15.4. The van der Waals surface area contributed by atoms with Gasteiger partial charge in [0.15, 0.2) is 0 Å². The summed E-state index contributed by atoms with van der Waals surface area (Å²) in [5, 5.41) is 16.7. The van der Waals surface area contributed by atoms with Crippen molar-refractivity contribution >= 4 is 17.4 Å². The molecule has 1 atom stereocenters. The van der Waals surface area contributed by atoms with Crippen LogP contribution in [0.2, 0.25) is 5.02 Å². The summed E-state index contributed by atoms with van der Waals surface area (Å²) < 4.78 is 0. The predicted molar refractivity (Wildman–Crippen MR) is 89.2 cm³/mol. The van der Waals surface area contributed by atoms with Crippen LogP contribution in [0.4, 0.5) is 5.82 Å². The van der Waals surface area contributed by atoms with E-state index in [-0.39, 0.29) is 12.1 Å². The zero-order valence-corrected chi connectivity index (χ0v) is 13.1. The Balaban J connectivity index is 1.82. The largest absolute Gasteiger partial charge is 0.392 e. The monoisotopic (exact) mass is 317 g/mol. The molecule has 0 radical (unpaired) electrons. The maximum absolute atomic E-state index is 9.15. The maximum Gasteiger partial charge on any atom is 0.145 e. The summed E-state index contributed by atoms with van der Waals surface area (Å²) in [7, 11) is 0. The minimum atomic E-state index is -0.0846. The number of hydrogen-bond donors (Lipinski definition) is 3. The number of aromatic nitrogens is 1. The van der Waals surface area contributed by atoms with Crippen LogP contribution in [0, 0.1) is 0 Å². The summed E-state index contributed by atoms with van der Waals surface area (Å²) in [6.45, 7) is 1.80. The van der Waals surface area contributed by atoms with Crippen molar-refractivity contribution in [3.05, 3.63) is 58.7 Å². The van der Waals surface area contributed by atoms with Crippen LogP contribution < -0.4 is 10.6 Å². The second kappa shape index (κ2) is 6.65. The molecule has 4 nitrogen and oxygen atoms in total. The van der Waals surface area contributed by atoms with Gasteiger partial charge in [0.25, 0.3) is 0 Å². The molecule has 1 aliphatic rings. The van der Waals surface area contributed by atoms with Crippen LogP contribution in [-0.2, 0) is 13.0 Å². The fraction of sp³-hybridized carbons (Fsp3) is 0.353. The van der Waals surface area contributed by atoms with Gasteiger partial charge in [0.2, 0.25) is 0 Å². The zero-order valence-electron chi connectivity index (χ0n) is 12.3. The lowest BCUT2D eigenvalue weighted by molar-refractivity contribution is 0.281. The van der Waals surface area contributed by atoms with Crippen LogP contribution >= 0.6 is 11.6 Å². The first-order valence-corrected chi connectivity index (χ1v) is 7.87. The molecule has 0 aliphatic carbocycles. The van der Waals surface area contributed by atoms with Gasteiger partial charge in [0.05, 0.1) is 17.2 Å². The molecule has 3 rings (SSSR count). The lowest BCUT2D eigenvalue weighted by Gasteiger charge is -2.31. The second-order valence-electron chi connectivity index (χ2n) is 5.83. The molecule has 1 aromatic heterocycles. The number of benzene rings is 1. The van der Waals surface area contributed by atoms with Crippen molar-refractivity contribution in [3.8, 4) is 0 Å². The van der Waals surface area contributed by atoms with Crippen molar-refractivity contribution in [3.63, 3.8) is 0 Å². The lowest BCUT2D eigenvalue weighted by Crippen LogP contribution is -2.43. The molecule has 0 amide bonds. The average molecular weight is 318 g/mol. The Morgan fingerprint density at radius 1 is 1.27 bits per heavy atom. The van der Waals surface area contributed by atoms with Gasteiger partial charge >= 0.3 is 0 Å². The Labute approximate surface area is 135 Å². The highest BCUT2D eigenvalue weighted by Gasteiger charge is 2.34. The van der Waals surface area contributed by atoms with E-state index in [0.29, 0.717) is 10.8 Å². The van der Waals surface area contributed by atoms with Crippen LogP contribution in [0.25, 0.3) is 0 Å². The summed E-state index contributed by atoms with van der Waals surface area (Å²) in [6.07, 6.45) is 3.59. The molecule has 1 aliphatic heterocycles. The van der Waals surface area contributed by atoms with E-state index in [2.05, 4.69) is 39.9 Å². The minimum absolute atomic E-state index is 0.0519. The Bertz CT molecular complexity index is 627. The van der Waals surface area contributed by atoms with E-state index >= 15 is 0 Å². The number of nitrogens with one attached hydrogen (secondary N) is 2. The molecule has 1 saturated heterocycles. The van der Waals surface area contributed by atoms with Crippen molar-refractivity contribution in [2.24, 2.45) is 0 Å². The van der Waals surface area contributed by atoms with Gasteiger partial charge in [-0.05, 0) is 36.6 Å². The quantitative estimate of drug-likeness (QED) is 0.793. The molecule has 1 aromatic carbocycles. The van der Waals surface area contributed by atoms with Crippen molar-refractivity contribution in [2.45, 2.75) is 25.0 Å². The van der Waals surface area contributed by atoms with E-state index < -0.39 is 0 Å². The molecule has 5 heteroatoms. The highest BCUT2D eigenvalue weighted by Crippen LogP contribution is 2.29. The molecule has 116 valence electrons. The maximum atomic E-state index is 9.15. The van der Waals surface area contributed by atoms with Gasteiger partial charge in [-0.2, -0.15) is 0 Å². The van der Waals surface area contributed by atoms with E-state index in [9.17, 15) is 0 Å². The average Bonchev–Trinajstić information content (AvgIpc) is 2.98. The molecular weight excluding hydrogens is 298 g/mol. The molecule has 0 bridgehead atoms. The highest BCUT2D eigenvalue weighted by atomic mass is 35.5. The second-order valence-corrected chi connectivity index (χ2v) is 6.23. The van der Waals surface area contributed by atoms with Crippen molar-refractivity contribution < 1.29 is 5.11 Å². The number of halogens is 1. The van der Waals surface area contributed by atoms with Gasteiger partial charge < -0.3 is 15.7 Å². The van der Waals surface area contributed by atoms with Crippen LogP contribution in [-0.4, -0.2) is 28.7 Å². The Morgan fingerprint density at radius 3 is 2.73 bits per heavy atom. The molecule has 22 heavy (non-hydrogen) atoms. The summed E-state index contributed by atoms with van der Waals surface area (Å²) >= 11 is 6.30. The van der Waals surface area contributed by atoms with E-state index in [1.807, 2.05) is 6.07 Å². The number of rotatable bonds is 5. The summed E-state index contributed by atoms with van der Waals surface area (Å²) in [4.78, 5) is 4.37. The highest BCUT2D eigenvalue weighted by molar-refractivity contribution is 6.33. The Morgan fingerprint density at radius 2 is 2.09 bits per heavy atom. The smallest absolute Gasteiger partial charge is 0.145 e. The SMILES string of the molecule is OCc1cnc(N[C@@]2(Cc3ccccc3)CCNC2)c(Cl)c1. The third-order valence-electron chi connectivity index (χ3n) is 4.09. The number of nitrogens with zero attached hydrogens (tertiary/aromatic N) is 1. The van der Waals surface area contributed by atoms with Gasteiger partial charge in [-0.25, -0.2) is 4.98 Å². The molecule has 0 spiro atoms. The molecule has 2 heterocycles. The fourth-order valence-corrected chi connectivity index (χ4v) is 3.18. The lowest BCUT2D eigenvalue weighted by atomic mass is 9.90. The third-order valence-corrected chi connectivity index (χ3v) is 4.38. The molecular formula is C17H20ClN3O. The predicted octanol–water partition coefficient (Wildman–Crippen LogP) is 2.61. The number of aliphatic hydroxyl groups excluding tert-OH is 1. The first-order valence-electron chi connectivity index (χ1n) is 7.49. The summed E-state index contributed by atoms with van der Waals surface area (Å²) in [6, 6.07) is 12.2. The first kappa shape index (κ1) is 15.3. The van der Waals surface area contributed by atoms with Crippen LogP contribution in [0.5, 0.6) is 0 Å². The van der Waals surface area contributed by atoms with Crippen LogP contribution in [0.15, 0.2) is 42.6 Å². The number of pyridine rings is 1. The van der Waals surface area contributed by atoms with Gasteiger partial charge in [0, 0.05) is 12.7 Å². The molecule has 1 fully saturated rings. The van der Waals surface area contributed by atoms with E-state index in [1.165, 1.54) is 5.56 Å². The minimum Gasteiger partial charge on any atom is -0.392 e. The topological polar surface area (TPSA) is 57.2 Å². The summed E-state index contributed by atoms with van der Waals surface area (Å²) in [5.74, 6) is 0.679. The number of hydrogen-bond acceptors (Lipinski definition) is 4. The van der Waals surface area contributed by atoms with Crippen molar-refractivity contribution in [1.29, 1.82) is 0 Å². The van der Waals surface area contributed by atoms with Gasteiger partial charge in [-0.3, -0.25) is 0 Å². The summed E-state index contributed by atoms with van der Waals surface area (Å²) in [5.41, 5.74) is 1.93. The number of aliphatic hydroxyl groups is 1. The van der Waals surface area contributed by atoms with Gasteiger partial charge in [-0.1, -0.05) is 41.9 Å². The van der Waals surface area contributed by atoms with Crippen molar-refractivity contribution in [1.82, 2.24) is 10.3 Å². The number of anilines is 1. The standard InChI is InChI=1S/C17H20ClN3O/c18-15-8-14(11-22)10-20-16(15)21-17(6-7-19-12-17)9-13-4-2-1-3-5-13/h1-5,8,10,19,22H,6-7,9,11-12H2,(H,20,21)/t17-/m1/s1. The third kappa shape index (κ3) is 3.40. The normalized spacial score (nSPS) is 21.0. The van der Waals surface area contributed by atoms with Crippen LogP contribution in [0.1, 0.15) is 17.5 Å². The van der Waals surface area contributed by atoms with E-state index in [1.54, 1.807) is 12.3 Å². The van der Waals surface area contributed by atoms with Gasteiger partial charge in [0.1, 0.15) is 5.82 Å². The van der Waals surface area contributed by atoms with E-state index in [4.69, 9.17) is 16.7 Å². The van der Waals surface area contributed by atoms with Crippen LogP contribution in [0.3, 0.4) is 0 Å². The Kier molecular flexibility index (Phi) is 4.62. The van der Waals surface area contributed by atoms with Crippen molar-refractivity contribution in [2.75, 3.05) is 18.4 Å². The molecule has 3 N–H and O–H groups in total. The Hall–Kier alpha value is -1.62. The van der Waals surface area contributed by atoms with E-state index in [0.717, 1.165) is 31.5 Å². The van der Waals surface area contributed by atoms with Gasteiger partial charge in [-0.15, -0.1) is 0 Å². The fourth-order valence-electron chi connectivity index (χ4n) is 2.94. The first-order chi connectivity index (χ1) is 10.7. The molecule has 0 saturated carbocycles. The molecule has 0 unspecified atom stereocenters.